The van der Waals surface area contributed by atoms with Crippen molar-refractivity contribution in [1.29, 1.82) is 0 Å². The highest BCUT2D eigenvalue weighted by Crippen LogP contribution is 1.97. The first kappa shape index (κ1) is 10.9. The zero-order valence-electron chi connectivity index (χ0n) is 7.33. The number of ether oxygens (including phenoxy) is 1. The van der Waals surface area contributed by atoms with Crippen molar-refractivity contribution in [2.45, 2.75) is 26.1 Å². The third-order valence-electron chi connectivity index (χ3n) is 1.37. The summed E-state index contributed by atoms with van der Waals surface area (Å²) in [7, 11) is 1.47. The van der Waals surface area contributed by atoms with Crippen LogP contribution in [0.15, 0.2) is 0 Å². The number of hydrogen-bond donors (Lipinski definition) is 2. The van der Waals surface area contributed by atoms with Crippen LogP contribution in [0.4, 0.5) is 0 Å². The average molecular weight is 175 g/mol. The summed E-state index contributed by atoms with van der Waals surface area (Å²) in [6.45, 7) is 2.88. The molecule has 5 nitrogen and oxygen atoms in total. The second-order valence-electron chi connectivity index (χ2n) is 2.37. The monoisotopic (exact) mass is 175 g/mol. The van der Waals surface area contributed by atoms with Gasteiger partial charge in [-0.25, -0.2) is 4.79 Å². The number of nitrogens with one attached hydrogen (secondary N) is 1. The Morgan fingerprint density at radius 1 is 1.33 bits per heavy atom. The van der Waals surface area contributed by atoms with Gasteiger partial charge < -0.3 is 15.2 Å². The Hall–Kier alpha value is -1.10. The molecule has 0 aliphatic heterocycles. The molecule has 0 aromatic rings. The molecule has 0 aliphatic rings. The molecule has 0 saturated carbocycles. The average Bonchev–Trinajstić information content (AvgIpc) is 2.02. The number of carbonyl (C=O) groups is 2. The van der Waals surface area contributed by atoms with Crippen molar-refractivity contribution in [3.05, 3.63) is 0 Å². The number of aliphatic carboxylic acids is 1. The van der Waals surface area contributed by atoms with Crippen LogP contribution in [0.2, 0.25) is 0 Å². The van der Waals surface area contributed by atoms with Gasteiger partial charge >= 0.3 is 5.97 Å². The molecule has 70 valence electrons. The van der Waals surface area contributed by atoms with Gasteiger partial charge in [-0.15, -0.1) is 0 Å². The van der Waals surface area contributed by atoms with E-state index in [1.807, 2.05) is 0 Å². The van der Waals surface area contributed by atoms with Crippen molar-refractivity contribution < 1.29 is 19.4 Å². The molecule has 1 amide bonds. The fourth-order valence-corrected chi connectivity index (χ4v) is 0.629. The lowest BCUT2D eigenvalue weighted by Crippen LogP contribution is -2.36. The quantitative estimate of drug-likeness (QED) is 0.610. The van der Waals surface area contributed by atoms with E-state index in [1.54, 1.807) is 0 Å². The van der Waals surface area contributed by atoms with E-state index in [-0.39, 0.29) is 5.91 Å². The molecule has 0 aliphatic carbocycles. The van der Waals surface area contributed by atoms with Crippen molar-refractivity contribution in [3.63, 3.8) is 0 Å². The van der Waals surface area contributed by atoms with E-state index in [2.05, 4.69) is 5.32 Å². The van der Waals surface area contributed by atoms with Crippen LogP contribution in [-0.2, 0) is 14.3 Å². The van der Waals surface area contributed by atoms with Crippen LogP contribution in [-0.4, -0.2) is 36.2 Å². The van der Waals surface area contributed by atoms with Crippen molar-refractivity contribution in [2.24, 2.45) is 0 Å². The van der Waals surface area contributed by atoms with Crippen LogP contribution in [0, 0.1) is 0 Å². The predicted molar refractivity (Wildman–Crippen MR) is 41.7 cm³/mol. The number of carboxylic acids is 1. The maximum absolute atomic E-state index is 10.8. The van der Waals surface area contributed by atoms with E-state index in [1.165, 1.54) is 20.9 Å². The summed E-state index contributed by atoms with van der Waals surface area (Å²) in [5.41, 5.74) is 0. The summed E-state index contributed by atoms with van der Waals surface area (Å²) in [6.07, 6.45) is -1.70. The SMILES string of the molecule is CNC(=O)C(C)OC(C)C(=O)O. The zero-order chi connectivity index (χ0) is 9.72. The molecule has 0 spiro atoms. The van der Waals surface area contributed by atoms with E-state index >= 15 is 0 Å². The molecule has 0 aromatic carbocycles. The van der Waals surface area contributed by atoms with E-state index in [0.29, 0.717) is 0 Å². The number of likely N-dealkylation sites (N-methyl/N-ethyl adjacent to an activating group) is 1. The minimum atomic E-state index is -1.08. The van der Waals surface area contributed by atoms with Crippen LogP contribution in [0.25, 0.3) is 0 Å². The predicted octanol–water partition coefficient (Wildman–Crippen LogP) is -0.389. The first-order chi connectivity index (χ1) is 5.49. The Morgan fingerprint density at radius 3 is 2.17 bits per heavy atom. The maximum atomic E-state index is 10.8. The highest BCUT2D eigenvalue weighted by molar-refractivity contribution is 5.80. The third kappa shape index (κ3) is 3.34. The Balaban J connectivity index is 3.91. The minimum Gasteiger partial charge on any atom is -0.479 e. The molecule has 12 heavy (non-hydrogen) atoms. The second-order valence-corrected chi connectivity index (χ2v) is 2.37. The molecule has 0 rings (SSSR count). The number of rotatable bonds is 4. The molecule has 0 fully saturated rings. The van der Waals surface area contributed by atoms with Crippen LogP contribution >= 0.6 is 0 Å². The van der Waals surface area contributed by atoms with Gasteiger partial charge in [0, 0.05) is 7.05 Å². The fourth-order valence-electron chi connectivity index (χ4n) is 0.629. The lowest BCUT2D eigenvalue weighted by atomic mass is 10.3. The molecule has 0 aromatic heterocycles. The zero-order valence-corrected chi connectivity index (χ0v) is 7.33. The molecule has 2 N–H and O–H groups in total. The molecule has 0 heterocycles. The lowest BCUT2D eigenvalue weighted by Gasteiger charge is -2.14. The Bertz CT molecular complexity index is 180. The van der Waals surface area contributed by atoms with Crippen LogP contribution in [0.1, 0.15) is 13.8 Å². The standard InChI is InChI=1S/C7H13NO4/c1-4(6(9)8-3)12-5(2)7(10)11/h4-5H,1-3H3,(H,8,9)(H,10,11). The highest BCUT2D eigenvalue weighted by atomic mass is 16.5. The van der Waals surface area contributed by atoms with Crippen LogP contribution in [0.3, 0.4) is 0 Å². The first-order valence-corrected chi connectivity index (χ1v) is 3.59. The van der Waals surface area contributed by atoms with E-state index in [4.69, 9.17) is 9.84 Å². The van der Waals surface area contributed by atoms with Gasteiger partial charge in [-0.05, 0) is 13.8 Å². The summed E-state index contributed by atoms with van der Waals surface area (Å²) in [5, 5.41) is 10.8. The Kier molecular flexibility index (Phi) is 4.28. The molecule has 5 heteroatoms. The number of carboxylic acid groups (broad SMARTS) is 1. The molecule has 0 saturated heterocycles. The van der Waals surface area contributed by atoms with Gasteiger partial charge in [-0.2, -0.15) is 0 Å². The van der Waals surface area contributed by atoms with Gasteiger partial charge in [0.15, 0.2) is 6.10 Å². The van der Waals surface area contributed by atoms with Crippen molar-refractivity contribution in [3.8, 4) is 0 Å². The van der Waals surface area contributed by atoms with Crippen molar-refractivity contribution >= 4 is 11.9 Å². The molecule has 0 radical (unpaired) electrons. The third-order valence-corrected chi connectivity index (χ3v) is 1.37. The lowest BCUT2D eigenvalue weighted by molar-refractivity contribution is -0.155. The topological polar surface area (TPSA) is 75.6 Å². The Morgan fingerprint density at radius 2 is 1.83 bits per heavy atom. The van der Waals surface area contributed by atoms with Gasteiger partial charge in [0.1, 0.15) is 6.10 Å². The Labute approximate surface area is 70.7 Å². The minimum absolute atomic E-state index is 0.330. The molecule has 2 atom stereocenters. The number of hydrogen-bond acceptors (Lipinski definition) is 3. The fraction of sp³-hybridized carbons (Fsp3) is 0.714. The highest BCUT2D eigenvalue weighted by Gasteiger charge is 2.19. The van der Waals surface area contributed by atoms with Crippen molar-refractivity contribution in [1.82, 2.24) is 5.32 Å². The van der Waals surface area contributed by atoms with E-state index in [9.17, 15) is 9.59 Å². The molecule has 2 unspecified atom stereocenters. The van der Waals surface area contributed by atoms with Gasteiger partial charge in [-0.3, -0.25) is 4.79 Å². The maximum Gasteiger partial charge on any atom is 0.332 e. The van der Waals surface area contributed by atoms with Gasteiger partial charge in [0.25, 0.3) is 0 Å². The first-order valence-electron chi connectivity index (χ1n) is 3.59. The van der Waals surface area contributed by atoms with Crippen LogP contribution in [0.5, 0.6) is 0 Å². The number of carbonyl (C=O) groups excluding carboxylic acids is 1. The summed E-state index contributed by atoms with van der Waals surface area (Å²) in [6, 6.07) is 0. The molecular formula is C7H13NO4. The summed E-state index contributed by atoms with van der Waals surface area (Å²) >= 11 is 0. The molecular weight excluding hydrogens is 162 g/mol. The summed E-state index contributed by atoms with van der Waals surface area (Å²) in [5.74, 6) is -1.41. The largest absolute Gasteiger partial charge is 0.479 e. The van der Waals surface area contributed by atoms with E-state index in [0.717, 1.165) is 0 Å². The summed E-state index contributed by atoms with van der Waals surface area (Å²) < 4.78 is 4.85. The summed E-state index contributed by atoms with van der Waals surface area (Å²) in [4.78, 5) is 21.1. The van der Waals surface area contributed by atoms with E-state index < -0.39 is 18.2 Å². The van der Waals surface area contributed by atoms with Gasteiger partial charge in [-0.1, -0.05) is 0 Å². The van der Waals surface area contributed by atoms with Crippen LogP contribution < -0.4 is 5.32 Å². The van der Waals surface area contributed by atoms with Gasteiger partial charge in [0.05, 0.1) is 0 Å². The second kappa shape index (κ2) is 4.71. The molecule has 0 bridgehead atoms. The number of amides is 1. The van der Waals surface area contributed by atoms with Crippen molar-refractivity contribution in [2.75, 3.05) is 7.05 Å². The van der Waals surface area contributed by atoms with Gasteiger partial charge in [0.2, 0.25) is 5.91 Å². The smallest absolute Gasteiger partial charge is 0.332 e. The normalized spacial score (nSPS) is 14.9.